The van der Waals surface area contributed by atoms with E-state index >= 15 is 0 Å². The Balaban J connectivity index is 1.66. The van der Waals surface area contributed by atoms with Gasteiger partial charge in [0.15, 0.2) is 5.78 Å². The van der Waals surface area contributed by atoms with Gasteiger partial charge in [-0.25, -0.2) is 4.79 Å². The van der Waals surface area contributed by atoms with Crippen LogP contribution in [-0.2, 0) is 13.1 Å². The van der Waals surface area contributed by atoms with E-state index in [-0.39, 0.29) is 11.3 Å². The summed E-state index contributed by atoms with van der Waals surface area (Å²) in [6.07, 6.45) is 5.31. The van der Waals surface area contributed by atoms with Crippen LogP contribution in [0.5, 0.6) is 0 Å². The first kappa shape index (κ1) is 23.1. The van der Waals surface area contributed by atoms with Gasteiger partial charge in [0.1, 0.15) is 5.52 Å². The molecule has 3 heterocycles. The number of anilines is 2. The van der Waals surface area contributed by atoms with Crippen LogP contribution in [0, 0.1) is 0 Å². The SMILES string of the molecule is CCn1cc(-n2cc(NC(=O)Nc3cccc(C(C)=O)c3)c3c4ccccc4n(CC)c(=O)c32)cn1. The Morgan fingerprint density at radius 1 is 0.972 bits per heavy atom. The predicted octanol–water partition coefficient (Wildman–Crippen LogP) is 5.03. The second-order valence-corrected chi connectivity index (χ2v) is 8.47. The molecule has 2 amide bonds. The molecular weight excluding hydrogens is 456 g/mol. The van der Waals surface area contributed by atoms with Crippen LogP contribution in [0.1, 0.15) is 31.1 Å². The molecule has 3 aromatic heterocycles. The highest BCUT2D eigenvalue weighted by molar-refractivity contribution is 6.16. The lowest BCUT2D eigenvalue weighted by Crippen LogP contribution is -2.22. The van der Waals surface area contributed by atoms with Gasteiger partial charge in [0, 0.05) is 47.5 Å². The smallest absolute Gasteiger partial charge is 0.308 e. The maximum atomic E-state index is 13.7. The number of ketones is 1. The predicted molar refractivity (Wildman–Crippen MR) is 141 cm³/mol. The van der Waals surface area contributed by atoms with Crippen molar-refractivity contribution in [2.75, 3.05) is 10.6 Å². The van der Waals surface area contributed by atoms with Gasteiger partial charge in [-0.2, -0.15) is 5.10 Å². The Morgan fingerprint density at radius 2 is 1.78 bits per heavy atom. The maximum Gasteiger partial charge on any atom is 0.323 e. The van der Waals surface area contributed by atoms with Gasteiger partial charge >= 0.3 is 6.03 Å². The number of carbonyl (C=O) groups is 2. The monoisotopic (exact) mass is 482 g/mol. The Morgan fingerprint density at radius 3 is 2.50 bits per heavy atom. The third-order valence-electron chi connectivity index (χ3n) is 6.23. The van der Waals surface area contributed by atoms with E-state index in [2.05, 4.69) is 15.7 Å². The molecule has 0 fully saturated rings. The van der Waals surface area contributed by atoms with Gasteiger partial charge in [-0.3, -0.25) is 14.3 Å². The fraction of sp³-hybridized carbons (Fsp3) is 0.185. The van der Waals surface area contributed by atoms with Crippen LogP contribution in [0.3, 0.4) is 0 Å². The summed E-state index contributed by atoms with van der Waals surface area (Å²) >= 11 is 0. The number of para-hydroxylation sites is 1. The number of pyridine rings is 1. The number of fused-ring (bicyclic) bond motifs is 3. The molecule has 2 aromatic carbocycles. The van der Waals surface area contributed by atoms with Crippen molar-refractivity contribution in [3.05, 3.63) is 83.0 Å². The number of rotatable bonds is 6. The molecule has 0 spiro atoms. The van der Waals surface area contributed by atoms with E-state index in [0.29, 0.717) is 40.9 Å². The summed E-state index contributed by atoms with van der Waals surface area (Å²) in [5.74, 6) is -0.0894. The highest BCUT2D eigenvalue weighted by Crippen LogP contribution is 2.33. The Kier molecular flexibility index (Phi) is 5.89. The van der Waals surface area contributed by atoms with Crippen molar-refractivity contribution < 1.29 is 9.59 Å². The molecule has 0 unspecified atom stereocenters. The molecule has 182 valence electrons. The van der Waals surface area contributed by atoms with Crippen molar-refractivity contribution in [2.24, 2.45) is 0 Å². The molecule has 0 bridgehead atoms. The van der Waals surface area contributed by atoms with Crippen LogP contribution in [0.2, 0.25) is 0 Å². The highest BCUT2D eigenvalue weighted by Gasteiger charge is 2.21. The minimum atomic E-state index is -0.484. The molecule has 0 radical (unpaired) electrons. The zero-order chi connectivity index (χ0) is 25.4. The van der Waals surface area contributed by atoms with Crippen molar-refractivity contribution >= 4 is 45.0 Å². The van der Waals surface area contributed by atoms with Gasteiger partial charge in [-0.15, -0.1) is 0 Å². The average molecular weight is 483 g/mol. The number of aryl methyl sites for hydroxylation is 2. The van der Waals surface area contributed by atoms with Crippen LogP contribution in [0.4, 0.5) is 16.2 Å². The van der Waals surface area contributed by atoms with E-state index in [4.69, 9.17) is 0 Å². The van der Waals surface area contributed by atoms with E-state index in [0.717, 1.165) is 16.6 Å². The number of urea groups is 1. The van der Waals surface area contributed by atoms with Gasteiger partial charge in [0.05, 0.1) is 23.1 Å². The first-order valence-electron chi connectivity index (χ1n) is 11.8. The van der Waals surface area contributed by atoms with Gasteiger partial charge in [0.25, 0.3) is 5.56 Å². The highest BCUT2D eigenvalue weighted by atomic mass is 16.2. The molecule has 9 heteroatoms. The molecule has 0 saturated carbocycles. The lowest BCUT2D eigenvalue weighted by atomic mass is 10.1. The number of Topliss-reactive ketones (excluding diaryl/α,β-unsaturated/α-hetero) is 1. The molecule has 0 saturated heterocycles. The third kappa shape index (κ3) is 3.94. The summed E-state index contributed by atoms with van der Waals surface area (Å²) in [7, 11) is 0. The maximum absolute atomic E-state index is 13.7. The molecular formula is C27H26N6O3. The summed E-state index contributed by atoms with van der Waals surface area (Å²) in [4.78, 5) is 38.4. The summed E-state index contributed by atoms with van der Waals surface area (Å²) < 4.78 is 5.29. The zero-order valence-electron chi connectivity index (χ0n) is 20.3. The lowest BCUT2D eigenvalue weighted by Gasteiger charge is -2.12. The van der Waals surface area contributed by atoms with Gasteiger partial charge in [-0.05, 0) is 39.0 Å². The van der Waals surface area contributed by atoms with E-state index in [1.807, 2.05) is 44.3 Å². The van der Waals surface area contributed by atoms with Crippen molar-refractivity contribution in [1.82, 2.24) is 18.9 Å². The molecule has 5 aromatic rings. The number of nitrogens with zero attached hydrogens (tertiary/aromatic N) is 4. The molecule has 0 aliphatic carbocycles. The summed E-state index contributed by atoms with van der Waals surface area (Å²) in [5.41, 5.74) is 3.30. The number of hydrogen-bond donors (Lipinski definition) is 2. The Labute approximate surface area is 207 Å². The van der Waals surface area contributed by atoms with Gasteiger partial charge in [0.2, 0.25) is 0 Å². The van der Waals surface area contributed by atoms with Crippen molar-refractivity contribution in [2.45, 2.75) is 33.9 Å². The number of aromatic nitrogens is 4. The van der Waals surface area contributed by atoms with Crippen LogP contribution in [-0.4, -0.2) is 30.7 Å². The number of carbonyl (C=O) groups excluding carboxylic acids is 2. The topological polar surface area (TPSA) is 103 Å². The lowest BCUT2D eigenvalue weighted by molar-refractivity contribution is 0.101. The second kappa shape index (κ2) is 9.18. The quantitative estimate of drug-likeness (QED) is 0.331. The molecule has 0 aliphatic heterocycles. The number of amides is 2. The second-order valence-electron chi connectivity index (χ2n) is 8.47. The molecule has 0 atom stereocenters. The Bertz CT molecular complexity index is 1690. The van der Waals surface area contributed by atoms with Crippen LogP contribution < -0.4 is 16.2 Å². The third-order valence-corrected chi connectivity index (χ3v) is 6.23. The molecule has 2 N–H and O–H groups in total. The van der Waals surface area contributed by atoms with Crippen LogP contribution in [0.25, 0.3) is 27.5 Å². The normalized spacial score (nSPS) is 11.2. The molecule has 0 aliphatic rings. The van der Waals surface area contributed by atoms with Crippen LogP contribution in [0.15, 0.2) is 71.9 Å². The number of benzene rings is 2. The van der Waals surface area contributed by atoms with Crippen molar-refractivity contribution in [3.63, 3.8) is 0 Å². The first-order chi connectivity index (χ1) is 17.4. The minimum Gasteiger partial charge on any atom is -0.308 e. The summed E-state index contributed by atoms with van der Waals surface area (Å²) in [5, 5.41) is 11.6. The van der Waals surface area contributed by atoms with E-state index in [9.17, 15) is 14.4 Å². The number of hydrogen-bond acceptors (Lipinski definition) is 4. The molecule has 5 rings (SSSR count). The fourth-order valence-electron chi connectivity index (χ4n) is 4.51. The molecule has 9 nitrogen and oxygen atoms in total. The molecule has 36 heavy (non-hydrogen) atoms. The fourth-order valence-corrected chi connectivity index (χ4v) is 4.51. The van der Waals surface area contributed by atoms with E-state index in [1.54, 1.807) is 50.5 Å². The van der Waals surface area contributed by atoms with E-state index in [1.165, 1.54) is 6.92 Å². The average Bonchev–Trinajstić information content (AvgIpc) is 3.50. The van der Waals surface area contributed by atoms with Gasteiger partial charge < -0.3 is 19.8 Å². The Hall–Kier alpha value is -4.66. The summed E-state index contributed by atoms with van der Waals surface area (Å²) in [6, 6.07) is 13.9. The minimum absolute atomic E-state index is 0.0894. The van der Waals surface area contributed by atoms with Crippen molar-refractivity contribution in [1.29, 1.82) is 0 Å². The zero-order valence-corrected chi connectivity index (χ0v) is 20.3. The van der Waals surface area contributed by atoms with Crippen LogP contribution >= 0.6 is 0 Å². The first-order valence-corrected chi connectivity index (χ1v) is 11.8. The van der Waals surface area contributed by atoms with E-state index < -0.39 is 6.03 Å². The van der Waals surface area contributed by atoms with Gasteiger partial charge in [-0.1, -0.05) is 30.3 Å². The summed E-state index contributed by atoms with van der Waals surface area (Å²) in [6.45, 7) is 6.59. The number of nitrogens with one attached hydrogen (secondary N) is 2. The largest absolute Gasteiger partial charge is 0.323 e. The van der Waals surface area contributed by atoms with Crippen molar-refractivity contribution in [3.8, 4) is 5.69 Å². The standard InChI is InChI=1S/C27H26N6O3/c1-4-31-15-20(14-28-31)33-16-22(30-27(36)29-19-10-8-9-18(13-19)17(3)34)24-21-11-6-7-12-23(21)32(5-2)26(35)25(24)33/h6-16H,4-5H2,1-3H3,(H2,29,30,36).